The van der Waals surface area contributed by atoms with Gasteiger partial charge in [0.1, 0.15) is 10.4 Å². The Morgan fingerprint density at radius 1 is 1.40 bits per heavy atom. The molecule has 8 heteroatoms. The van der Waals surface area contributed by atoms with E-state index in [-0.39, 0.29) is 10.4 Å². The van der Waals surface area contributed by atoms with Gasteiger partial charge in [0.15, 0.2) is 0 Å². The zero-order valence-corrected chi connectivity index (χ0v) is 12.4. The molecule has 0 saturated carbocycles. The molecule has 2 N–H and O–H groups in total. The van der Waals surface area contributed by atoms with E-state index in [0.717, 1.165) is 47.6 Å². The zero-order valence-electron chi connectivity index (χ0n) is 10.7. The maximum absolute atomic E-state index is 11.3. The molecule has 6 nitrogen and oxygen atoms in total. The second kappa shape index (κ2) is 5.28. The number of hydrogen-bond donors (Lipinski definition) is 1. The molecular weight excluding hydrogens is 298 g/mol. The van der Waals surface area contributed by atoms with Gasteiger partial charge in [0.2, 0.25) is 10.0 Å². The van der Waals surface area contributed by atoms with Crippen LogP contribution < -0.4 is 5.14 Å². The summed E-state index contributed by atoms with van der Waals surface area (Å²) in [6, 6.07) is 3.26. The van der Waals surface area contributed by atoms with Crippen LogP contribution in [-0.2, 0) is 14.8 Å². The van der Waals surface area contributed by atoms with Crippen molar-refractivity contribution in [1.82, 2.24) is 9.78 Å². The van der Waals surface area contributed by atoms with E-state index < -0.39 is 10.0 Å². The first-order valence-corrected chi connectivity index (χ1v) is 8.69. The fraction of sp³-hybridized carbons (Fsp3) is 0.417. The summed E-state index contributed by atoms with van der Waals surface area (Å²) in [7, 11) is -3.64. The highest BCUT2D eigenvalue weighted by Gasteiger charge is 2.18. The highest BCUT2D eigenvalue weighted by Crippen LogP contribution is 2.31. The van der Waals surface area contributed by atoms with Crippen LogP contribution in [0.1, 0.15) is 25.5 Å². The average Bonchev–Trinajstić information content (AvgIpc) is 3.08. The monoisotopic (exact) mass is 313 g/mol. The maximum Gasteiger partial charge on any atom is 0.247 e. The van der Waals surface area contributed by atoms with E-state index in [9.17, 15) is 8.42 Å². The minimum absolute atomic E-state index is 0.0184. The van der Waals surface area contributed by atoms with Crippen molar-refractivity contribution in [2.45, 2.75) is 29.7 Å². The number of ether oxygens (including phenoxy) is 1. The summed E-state index contributed by atoms with van der Waals surface area (Å²) in [6.45, 7) is 0.758. The Labute approximate surface area is 121 Å². The number of thiophene rings is 1. The van der Waals surface area contributed by atoms with Crippen LogP contribution >= 0.6 is 11.3 Å². The normalized spacial score (nSPS) is 20.1. The van der Waals surface area contributed by atoms with Gasteiger partial charge >= 0.3 is 0 Å². The highest BCUT2D eigenvalue weighted by molar-refractivity contribution is 7.91. The minimum Gasteiger partial charge on any atom is -0.357 e. The Balaban J connectivity index is 1.84. The number of nitrogens with two attached hydrogens (primary N) is 1. The molecular formula is C12H15N3O3S2. The maximum atomic E-state index is 11.3. The van der Waals surface area contributed by atoms with Gasteiger partial charge in [-0.15, -0.1) is 11.3 Å². The molecule has 0 spiro atoms. The summed E-state index contributed by atoms with van der Waals surface area (Å²) in [4.78, 5) is 0.830. The van der Waals surface area contributed by atoms with Crippen LogP contribution in [0.4, 0.5) is 0 Å². The highest BCUT2D eigenvalue weighted by atomic mass is 32.2. The lowest BCUT2D eigenvalue weighted by atomic mass is 10.2. The molecule has 0 amide bonds. The summed E-state index contributed by atoms with van der Waals surface area (Å²) >= 11 is 1.15. The first kappa shape index (κ1) is 13.7. The number of hydrogen-bond acceptors (Lipinski definition) is 5. The van der Waals surface area contributed by atoms with E-state index in [1.165, 1.54) is 6.07 Å². The molecule has 1 fully saturated rings. The Morgan fingerprint density at radius 2 is 2.25 bits per heavy atom. The third-order valence-electron chi connectivity index (χ3n) is 3.20. The number of sulfonamides is 1. The van der Waals surface area contributed by atoms with Crippen molar-refractivity contribution >= 4 is 21.4 Å². The van der Waals surface area contributed by atoms with Crippen molar-refractivity contribution < 1.29 is 13.2 Å². The van der Waals surface area contributed by atoms with Crippen molar-refractivity contribution in [3.05, 3.63) is 24.5 Å². The van der Waals surface area contributed by atoms with Crippen LogP contribution in [0.2, 0.25) is 0 Å². The van der Waals surface area contributed by atoms with Gasteiger partial charge in [0.05, 0.1) is 6.20 Å². The number of nitrogens with zero attached hydrogens (tertiary/aromatic N) is 2. The van der Waals surface area contributed by atoms with Crippen LogP contribution in [0.5, 0.6) is 0 Å². The molecule has 108 valence electrons. The van der Waals surface area contributed by atoms with Gasteiger partial charge < -0.3 is 4.74 Å². The van der Waals surface area contributed by atoms with E-state index >= 15 is 0 Å². The van der Waals surface area contributed by atoms with E-state index in [4.69, 9.17) is 9.88 Å². The summed E-state index contributed by atoms with van der Waals surface area (Å²) in [5.74, 6) is 0. The molecule has 0 radical (unpaired) electrons. The molecule has 1 aliphatic rings. The third kappa shape index (κ3) is 2.78. The zero-order chi connectivity index (χ0) is 14.2. The van der Waals surface area contributed by atoms with Crippen LogP contribution in [0, 0.1) is 0 Å². The Morgan fingerprint density at radius 3 is 2.90 bits per heavy atom. The molecule has 3 rings (SSSR count). The summed E-state index contributed by atoms with van der Waals surface area (Å²) in [6.07, 6.45) is 6.76. The van der Waals surface area contributed by atoms with Crippen LogP contribution in [0.25, 0.3) is 10.4 Å². The minimum atomic E-state index is -3.64. The van der Waals surface area contributed by atoms with Gasteiger partial charge in [-0.05, 0) is 31.4 Å². The Hall–Kier alpha value is -1.22. The number of aromatic nitrogens is 2. The Kier molecular flexibility index (Phi) is 3.63. The number of primary sulfonamides is 1. The largest absolute Gasteiger partial charge is 0.357 e. The second-order valence-electron chi connectivity index (χ2n) is 4.69. The third-order valence-corrected chi connectivity index (χ3v) is 5.77. The number of rotatable bonds is 3. The second-order valence-corrected chi connectivity index (χ2v) is 7.57. The smallest absolute Gasteiger partial charge is 0.247 e. The van der Waals surface area contributed by atoms with Gasteiger partial charge in [-0.25, -0.2) is 18.2 Å². The SMILES string of the molecule is NS(=O)(=O)c1ccc(-c2cnn(C3CCCCO3)c2)s1. The van der Waals surface area contributed by atoms with Crippen molar-refractivity contribution in [2.24, 2.45) is 5.14 Å². The Bertz CT molecular complexity index is 699. The molecule has 20 heavy (non-hydrogen) atoms. The van der Waals surface area contributed by atoms with Gasteiger partial charge in [-0.1, -0.05) is 0 Å². The van der Waals surface area contributed by atoms with Gasteiger partial charge in [0, 0.05) is 23.2 Å². The fourth-order valence-electron chi connectivity index (χ4n) is 2.18. The lowest BCUT2D eigenvalue weighted by Crippen LogP contribution is -2.18. The van der Waals surface area contributed by atoms with E-state index in [1.807, 2.05) is 6.20 Å². The van der Waals surface area contributed by atoms with Crippen molar-refractivity contribution in [2.75, 3.05) is 6.61 Å². The van der Waals surface area contributed by atoms with Crippen LogP contribution in [-0.4, -0.2) is 24.8 Å². The van der Waals surface area contributed by atoms with Gasteiger partial charge in [0.25, 0.3) is 0 Å². The topological polar surface area (TPSA) is 87.2 Å². The first-order valence-electron chi connectivity index (χ1n) is 6.33. The molecule has 2 aromatic rings. The predicted molar refractivity (Wildman–Crippen MR) is 75.8 cm³/mol. The summed E-state index contributed by atoms with van der Waals surface area (Å²) < 4.78 is 30.2. The predicted octanol–water partition coefficient (Wildman–Crippen LogP) is 1.96. The molecule has 0 aromatic carbocycles. The van der Waals surface area contributed by atoms with Crippen LogP contribution in [0.15, 0.2) is 28.7 Å². The fourth-order valence-corrected chi connectivity index (χ4v) is 3.89. The van der Waals surface area contributed by atoms with Crippen LogP contribution in [0.3, 0.4) is 0 Å². The standard InChI is InChI=1S/C12H15N3O3S2/c13-20(16,17)12-5-4-10(19-12)9-7-14-15(8-9)11-3-1-2-6-18-11/h4-5,7-8,11H,1-3,6H2,(H2,13,16,17). The lowest BCUT2D eigenvalue weighted by molar-refractivity contribution is -0.0394. The summed E-state index contributed by atoms with van der Waals surface area (Å²) in [5.41, 5.74) is 0.874. The summed E-state index contributed by atoms with van der Waals surface area (Å²) in [5, 5.41) is 9.42. The molecule has 3 heterocycles. The van der Waals surface area contributed by atoms with E-state index in [1.54, 1.807) is 16.9 Å². The van der Waals surface area contributed by atoms with Crippen molar-refractivity contribution in [3.8, 4) is 10.4 Å². The molecule has 1 aliphatic heterocycles. The van der Waals surface area contributed by atoms with Crippen molar-refractivity contribution in [1.29, 1.82) is 0 Å². The first-order chi connectivity index (χ1) is 9.54. The molecule has 0 aliphatic carbocycles. The van der Waals surface area contributed by atoms with Gasteiger partial charge in [-0.2, -0.15) is 5.10 Å². The molecule has 0 bridgehead atoms. The van der Waals surface area contributed by atoms with E-state index in [0.29, 0.717) is 0 Å². The van der Waals surface area contributed by atoms with Crippen molar-refractivity contribution in [3.63, 3.8) is 0 Å². The quantitative estimate of drug-likeness (QED) is 0.938. The van der Waals surface area contributed by atoms with E-state index in [2.05, 4.69) is 5.10 Å². The lowest BCUT2D eigenvalue weighted by Gasteiger charge is -2.22. The molecule has 2 aromatic heterocycles. The molecule has 1 saturated heterocycles. The van der Waals surface area contributed by atoms with Gasteiger partial charge in [-0.3, -0.25) is 0 Å². The average molecular weight is 313 g/mol. The molecule has 1 atom stereocenters. The molecule has 1 unspecified atom stereocenters.